The number of hydrogen-bond donors (Lipinski definition) is 0. The van der Waals surface area contributed by atoms with Crippen LogP contribution in [0.4, 0.5) is 0 Å². The molecule has 1 unspecified atom stereocenters. The van der Waals surface area contributed by atoms with Gasteiger partial charge in [0.15, 0.2) is 0 Å². The van der Waals surface area contributed by atoms with Gasteiger partial charge in [-0.25, -0.2) is 0 Å². The minimum atomic E-state index is 0.225. The van der Waals surface area contributed by atoms with Gasteiger partial charge in [0.05, 0.1) is 10.0 Å². The first-order valence-corrected chi connectivity index (χ1v) is 6.24. The highest BCUT2D eigenvalue weighted by Crippen LogP contribution is 2.33. The molecule has 0 aliphatic carbocycles. The van der Waals surface area contributed by atoms with Crippen LogP contribution in [0.25, 0.3) is 0 Å². The average molecular weight is 243 g/mol. The Balaban J connectivity index is 3.07. The Morgan fingerprint density at radius 3 is 2.33 bits per heavy atom. The lowest BCUT2D eigenvalue weighted by Crippen LogP contribution is -2.25. The normalized spacial score (nSPS) is 14.9. The lowest BCUT2D eigenvalue weighted by Gasteiger charge is -2.29. The Kier molecular flexibility index (Phi) is 4.54. The molecule has 0 bridgehead atoms. The SMILES string of the molecule is BC(CC)(CCC)c1ccc(Cl)c(Cl)c1. The molecule has 0 amide bonds. The van der Waals surface area contributed by atoms with E-state index in [1.807, 2.05) is 12.1 Å². The quantitative estimate of drug-likeness (QED) is 0.700. The molecular formula is C12H17BCl2. The molecule has 1 aromatic carbocycles. The maximum absolute atomic E-state index is 6.05. The predicted molar refractivity (Wildman–Crippen MR) is 71.9 cm³/mol. The summed E-state index contributed by atoms with van der Waals surface area (Å²) in [7, 11) is 2.29. The Morgan fingerprint density at radius 1 is 1.20 bits per heavy atom. The molecule has 0 fully saturated rings. The van der Waals surface area contributed by atoms with E-state index in [9.17, 15) is 0 Å². The zero-order chi connectivity index (χ0) is 11.5. The molecule has 0 radical (unpaired) electrons. The molecule has 0 nitrogen and oxygen atoms in total. The Hall–Kier alpha value is -0.135. The summed E-state index contributed by atoms with van der Waals surface area (Å²) in [5.74, 6) is 0. The summed E-state index contributed by atoms with van der Waals surface area (Å²) in [4.78, 5) is 0. The summed E-state index contributed by atoms with van der Waals surface area (Å²) in [6.45, 7) is 4.43. The zero-order valence-corrected chi connectivity index (χ0v) is 11.1. The van der Waals surface area contributed by atoms with Crippen molar-refractivity contribution in [2.24, 2.45) is 0 Å². The fraction of sp³-hybridized carbons (Fsp3) is 0.500. The highest BCUT2D eigenvalue weighted by Gasteiger charge is 2.23. The van der Waals surface area contributed by atoms with Gasteiger partial charge in [0.1, 0.15) is 7.85 Å². The summed E-state index contributed by atoms with van der Waals surface area (Å²) in [5.41, 5.74) is 1.29. The van der Waals surface area contributed by atoms with E-state index < -0.39 is 0 Å². The number of halogens is 2. The van der Waals surface area contributed by atoms with Crippen LogP contribution in [0.5, 0.6) is 0 Å². The minimum absolute atomic E-state index is 0.225. The van der Waals surface area contributed by atoms with Crippen LogP contribution in [0.15, 0.2) is 18.2 Å². The van der Waals surface area contributed by atoms with E-state index in [4.69, 9.17) is 23.2 Å². The molecule has 0 saturated heterocycles. The lowest BCUT2D eigenvalue weighted by molar-refractivity contribution is 0.528. The summed E-state index contributed by atoms with van der Waals surface area (Å²) in [6, 6.07) is 5.99. The minimum Gasteiger partial charge on any atom is -0.0827 e. The van der Waals surface area contributed by atoms with Gasteiger partial charge in [-0.05, 0) is 23.0 Å². The first kappa shape index (κ1) is 12.9. The molecular weight excluding hydrogens is 226 g/mol. The first-order valence-electron chi connectivity index (χ1n) is 5.49. The Bertz CT molecular complexity index is 338. The monoisotopic (exact) mass is 242 g/mol. The van der Waals surface area contributed by atoms with E-state index in [0.29, 0.717) is 10.0 Å². The molecule has 0 aliphatic heterocycles. The van der Waals surface area contributed by atoms with E-state index in [1.54, 1.807) is 0 Å². The molecule has 0 spiro atoms. The maximum atomic E-state index is 6.05. The summed E-state index contributed by atoms with van der Waals surface area (Å²) in [5, 5.41) is 1.52. The van der Waals surface area contributed by atoms with Gasteiger partial charge in [-0.1, -0.05) is 62.4 Å². The maximum Gasteiger partial charge on any atom is 0.115 e. The standard InChI is InChI=1S/C12H17BCl2/c1-3-7-12(13,4-2)9-5-6-10(14)11(15)8-9/h5-6,8H,3-4,7,13H2,1-2H3. The molecule has 0 aliphatic rings. The fourth-order valence-electron chi connectivity index (χ4n) is 1.95. The number of rotatable bonds is 4. The zero-order valence-electron chi connectivity index (χ0n) is 9.61. The third kappa shape index (κ3) is 2.92. The molecule has 3 heteroatoms. The number of hydrogen-bond acceptors (Lipinski definition) is 0. The Morgan fingerprint density at radius 2 is 1.87 bits per heavy atom. The highest BCUT2D eigenvalue weighted by molar-refractivity contribution is 6.42. The van der Waals surface area contributed by atoms with Crippen LogP contribution < -0.4 is 0 Å². The largest absolute Gasteiger partial charge is 0.115 e. The van der Waals surface area contributed by atoms with Crippen molar-refractivity contribution in [3.63, 3.8) is 0 Å². The third-order valence-electron chi connectivity index (χ3n) is 3.20. The van der Waals surface area contributed by atoms with Crippen molar-refractivity contribution in [2.45, 2.75) is 38.4 Å². The van der Waals surface area contributed by atoms with Gasteiger partial charge in [-0.3, -0.25) is 0 Å². The average Bonchev–Trinajstić information content (AvgIpc) is 2.22. The summed E-state index contributed by atoms with van der Waals surface area (Å²) < 4.78 is 0. The fourth-order valence-corrected chi connectivity index (χ4v) is 2.25. The van der Waals surface area contributed by atoms with E-state index in [0.717, 1.165) is 6.42 Å². The lowest BCUT2D eigenvalue weighted by atomic mass is 9.60. The van der Waals surface area contributed by atoms with E-state index in [1.165, 1.54) is 18.4 Å². The predicted octanol–water partition coefficient (Wildman–Crippen LogP) is 4.03. The molecule has 0 saturated carbocycles. The third-order valence-corrected chi connectivity index (χ3v) is 3.94. The van der Waals surface area contributed by atoms with Crippen LogP contribution in [0.2, 0.25) is 10.0 Å². The van der Waals surface area contributed by atoms with Crippen LogP contribution >= 0.6 is 23.2 Å². The second-order valence-corrected chi connectivity index (χ2v) is 5.11. The molecule has 1 atom stereocenters. The molecule has 82 valence electrons. The van der Waals surface area contributed by atoms with Gasteiger partial charge >= 0.3 is 0 Å². The van der Waals surface area contributed by atoms with Crippen molar-refractivity contribution in [1.29, 1.82) is 0 Å². The van der Waals surface area contributed by atoms with Crippen LogP contribution in [-0.4, -0.2) is 7.85 Å². The molecule has 1 rings (SSSR count). The highest BCUT2D eigenvalue weighted by atomic mass is 35.5. The van der Waals surface area contributed by atoms with Crippen LogP contribution in [0.3, 0.4) is 0 Å². The van der Waals surface area contributed by atoms with E-state index in [-0.39, 0.29) is 5.31 Å². The second kappa shape index (κ2) is 5.27. The van der Waals surface area contributed by atoms with Gasteiger partial charge in [-0.15, -0.1) is 0 Å². The smallest absolute Gasteiger partial charge is 0.0827 e. The van der Waals surface area contributed by atoms with Gasteiger partial charge in [0.2, 0.25) is 0 Å². The van der Waals surface area contributed by atoms with Gasteiger partial charge in [-0.2, -0.15) is 0 Å². The van der Waals surface area contributed by atoms with Crippen LogP contribution in [-0.2, 0) is 5.31 Å². The van der Waals surface area contributed by atoms with Crippen molar-refractivity contribution in [1.82, 2.24) is 0 Å². The molecule has 0 N–H and O–H groups in total. The van der Waals surface area contributed by atoms with E-state index in [2.05, 4.69) is 27.8 Å². The summed E-state index contributed by atoms with van der Waals surface area (Å²) in [6.07, 6.45) is 3.49. The van der Waals surface area contributed by atoms with E-state index >= 15 is 0 Å². The van der Waals surface area contributed by atoms with Crippen molar-refractivity contribution < 1.29 is 0 Å². The van der Waals surface area contributed by atoms with Crippen molar-refractivity contribution in [2.75, 3.05) is 0 Å². The van der Waals surface area contributed by atoms with Crippen LogP contribution in [0, 0.1) is 0 Å². The second-order valence-electron chi connectivity index (χ2n) is 4.29. The van der Waals surface area contributed by atoms with Gasteiger partial charge in [0.25, 0.3) is 0 Å². The van der Waals surface area contributed by atoms with Gasteiger partial charge < -0.3 is 0 Å². The first-order chi connectivity index (χ1) is 7.03. The van der Waals surface area contributed by atoms with Gasteiger partial charge in [0, 0.05) is 0 Å². The Labute approximate surface area is 103 Å². The van der Waals surface area contributed by atoms with Crippen molar-refractivity contribution >= 4 is 31.0 Å². The molecule has 15 heavy (non-hydrogen) atoms. The summed E-state index contributed by atoms with van der Waals surface area (Å²) >= 11 is 12.0. The van der Waals surface area contributed by atoms with Crippen molar-refractivity contribution in [3.8, 4) is 0 Å². The molecule has 1 aromatic rings. The number of benzene rings is 1. The molecule has 0 aromatic heterocycles. The van der Waals surface area contributed by atoms with Crippen molar-refractivity contribution in [3.05, 3.63) is 33.8 Å². The van der Waals surface area contributed by atoms with Crippen LogP contribution in [0.1, 0.15) is 38.7 Å². The molecule has 0 heterocycles. The topological polar surface area (TPSA) is 0 Å².